The molecule has 0 saturated carbocycles. The molecule has 1 aliphatic heterocycles. The molecule has 5 nitrogen and oxygen atoms in total. The van der Waals surface area contributed by atoms with Crippen molar-refractivity contribution in [2.75, 3.05) is 6.79 Å². The van der Waals surface area contributed by atoms with Gasteiger partial charge in [-0.15, -0.1) is 10.2 Å². The number of nitrogens with zero attached hydrogens (tertiary/aromatic N) is 3. The molecule has 29 heavy (non-hydrogen) atoms. The summed E-state index contributed by atoms with van der Waals surface area (Å²) in [6, 6.07) is 24.3. The van der Waals surface area contributed by atoms with Crippen molar-refractivity contribution in [1.82, 2.24) is 14.8 Å². The van der Waals surface area contributed by atoms with Gasteiger partial charge in [0.05, 0.1) is 0 Å². The van der Waals surface area contributed by atoms with Gasteiger partial charge in [0.1, 0.15) is 0 Å². The van der Waals surface area contributed by atoms with Gasteiger partial charge in [0, 0.05) is 21.5 Å². The second-order valence-corrected chi connectivity index (χ2v) is 8.32. The molecule has 0 fully saturated rings. The van der Waals surface area contributed by atoms with Crippen LogP contribution in [0.15, 0.2) is 82.4 Å². The van der Waals surface area contributed by atoms with E-state index in [0.717, 1.165) is 44.0 Å². The van der Waals surface area contributed by atoms with E-state index in [9.17, 15) is 0 Å². The average Bonchev–Trinajstić information content (AvgIpc) is 3.40. The van der Waals surface area contributed by atoms with E-state index in [1.807, 2.05) is 36.4 Å². The first kappa shape index (κ1) is 18.3. The topological polar surface area (TPSA) is 49.2 Å². The van der Waals surface area contributed by atoms with Gasteiger partial charge in [-0.1, -0.05) is 58.0 Å². The quantitative estimate of drug-likeness (QED) is 0.352. The molecule has 7 heteroatoms. The Hall–Kier alpha value is -2.77. The van der Waals surface area contributed by atoms with Crippen LogP contribution in [0.5, 0.6) is 11.5 Å². The van der Waals surface area contributed by atoms with Crippen molar-refractivity contribution in [2.45, 2.75) is 10.9 Å². The number of hydrogen-bond donors (Lipinski definition) is 0. The lowest BCUT2D eigenvalue weighted by atomic mass is 10.2. The number of hydrogen-bond acceptors (Lipinski definition) is 5. The Bertz CT molecular complexity index is 1150. The van der Waals surface area contributed by atoms with Gasteiger partial charge in [0.15, 0.2) is 22.5 Å². The Balaban J connectivity index is 1.53. The monoisotopic (exact) mass is 465 g/mol. The van der Waals surface area contributed by atoms with Crippen LogP contribution in [0, 0.1) is 0 Å². The van der Waals surface area contributed by atoms with Crippen molar-refractivity contribution >= 4 is 27.7 Å². The fourth-order valence-corrected chi connectivity index (χ4v) is 4.30. The summed E-state index contributed by atoms with van der Waals surface area (Å²) in [5.74, 6) is 3.06. The van der Waals surface area contributed by atoms with Crippen LogP contribution in [0.1, 0.15) is 5.56 Å². The van der Waals surface area contributed by atoms with Crippen LogP contribution in [0.25, 0.3) is 17.1 Å². The van der Waals surface area contributed by atoms with Crippen molar-refractivity contribution in [2.24, 2.45) is 0 Å². The van der Waals surface area contributed by atoms with E-state index in [4.69, 9.17) is 9.47 Å². The van der Waals surface area contributed by atoms with Gasteiger partial charge in [-0.05, 0) is 48.0 Å². The fourth-order valence-electron chi connectivity index (χ4n) is 3.12. The van der Waals surface area contributed by atoms with Crippen molar-refractivity contribution in [3.8, 4) is 28.6 Å². The lowest BCUT2D eigenvalue weighted by molar-refractivity contribution is 0.174. The molecule has 1 aliphatic rings. The molecule has 0 amide bonds. The number of rotatable bonds is 5. The number of ether oxygens (including phenoxy) is 2. The lowest BCUT2D eigenvalue weighted by Gasteiger charge is -2.11. The lowest BCUT2D eigenvalue weighted by Crippen LogP contribution is -1.99. The number of halogens is 1. The molecular weight excluding hydrogens is 450 g/mol. The van der Waals surface area contributed by atoms with Gasteiger partial charge in [-0.2, -0.15) is 0 Å². The Morgan fingerprint density at radius 3 is 2.52 bits per heavy atom. The molecule has 0 bridgehead atoms. The van der Waals surface area contributed by atoms with Crippen molar-refractivity contribution < 1.29 is 9.47 Å². The third-order valence-corrected chi connectivity index (χ3v) is 6.09. The second kappa shape index (κ2) is 7.93. The van der Waals surface area contributed by atoms with Gasteiger partial charge in [-0.25, -0.2) is 0 Å². The van der Waals surface area contributed by atoms with E-state index in [0.29, 0.717) is 0 Å². The highest BCUT2D eigenvalue weighted by Crippen LogP contribution is 2.37. The van der Waals surface area contributed by atoms with E-state index in [2.05, 4.69) is 67.1 Å². The van der Waals surface area contributed by atoms with Crippen molar-refractivity contribution in [1.29, 1.82) is 0 Å². The molecular formula is C22H16BrN3O2S. The summed E-state index contributed by atoms with van der Waals surface area (Å²) in [5, 5.41) is 9.83. The van der Waals surface area contributed by atoms with E-state index in [1.54, 1.807) is 11.8 Å². The van der Waals surface area contributed by atoms with Crippen LogP contribution in [0.4, 0.5) is 0 Å². The molecule has 0 radical (unpaired) electrons. The Morgan fingerprint density at radius 2 is 1.69 bits per heavy atom. The first-order chi connectivity index (χ1) is 14.3. The summed E-state index contributed by atoms with van der Waals surface area (Å²) in [7, 11) is 0. The minimum absolute atomic E-state index is 0.248. The molecule has 0 spiro atoms. The highest BCUT2D eigenvalue weighted by atomic mass is 79.9. The summed E-state index contributed by atoms with van der Waals surface area (Å²) in [5.41, 5.74) is 3.18. The number of para-hydroxylation sites is 1. The Morgan fingerprint density at radius 1 is 0.897 bits per heavy atom. The summed E-state index contributed by atoms with van der Waals surface area (Å²) in [4.78, 5) is 0. The molecule has 0 N–H and O–H groups in total. The molecule has 0 aliphatic carbocycles. The predicted molar refractivity (Wildman–Crippen MR) is 117 cm³/mol. The molecule has 144 valence electrons. The standard InChI is InChI=1S/C22H16BrN3O2S/c23-17-9-6-15(7-10-17)13-29-22-25-24-21(26(22)18-4-2-1-3-5-18)16-8-11-19-20(12-16)28-14-27-19/h1-12H,13-14H2. The van der Waals surface area contributed by atoms with Crippen LogP contribution in [-0.2, 0) is 5.75 Å². The summed E-state index contributed by atoms with van der Waals surface area (Å²) < 4.78 is 14.1. The molecule has 1 aromatic heterocycles. The van der Waals surface area contributed by atoms with Crippen LogP contribution >= 0.6 is 27.7 Å². The molecule has 0 atom stereocenters. The maximum atomic E-state index is 5.54. The fraction of sp³-hybridized carbons (Fsp3) is 0.0909. The molecule has 4 aromatic rings. The first-order valence-corrected chi connectivity index (χ1v) is 10.8. The van der Waals surface area contributed by atoms with E-state index in [1.165, 1.54) is 5.56 Å². The maximum absolute atomic E-state index is 5.54. The van der Waals surface area contributed by atoms with Gasteiger partial charge in [-0.3, -0.25) is 4.57 Å². The average molecular weight is 466 g/mol. The summed E-state index contributed by atoms with van der Waals surface area (Å²) in [6.07, 6.45) is 0. The Labute approximate surface area is 180 Å². The van der Waals surface area contributed by atoms with Gasteiger partial charge in [0.2, 0.25) is 6.79 Å². The van der Waals surface area contributed by atoms with Crippen LogP contribution in [0.2, 0.25) is 0 Å². The van der Waals surface area contributed by atoms with Crippen LogP contribution < -0.4 is 9.47 Å². The number of aromatic nitrogens is 3. The van der Waals surface area contributed by atoms with Crippen LogP contribution in [0.3, 0.4) is 0 Å². The van der Waals surface area contributed by atoms with E-state index in [-0.39, 0.29) is 6.79 Å². The van der Waals surface area contributed by atoms with E-state index < -0.39 is 0 Å². The molecule has 0 saturated heterocycles. The second-order valence-electron chi connectivity index (χ2n) is 6.46. The minimum atomic E-state index is 0.248. The third kappa shape index (κ3) is 3.75. The zero-order chi connectivity index (χ0) is 19.6. The summed E-state index contributed by atoms with van der Waals surface area (Å²) >= 11 is 5.14. The molecule has 5 rings (SSSR count). The molecule has 3 aromatic carbocycles. The van der Waals surface area contributed by atoms with Crippen molar-refractivity contribution in [3.05, 3.63) is 82.8 Å². The smallest absolute Gasteiger partial charge is 0.231 e. The largest absolute Gasteiger partial charge is 0.454 e. The van der Waals surface area contributed by atoms with Gasteiger partial charge in [0.25, 0.3) is 0 Å². The zero-order valence-corrected chi connectivity index (χ0v) is 17.7. The number of thioether (sulfide) groups is 1. The minimum Gasteiger partial charge on any atom is -0.454 e. The van der Waals surface area contributed by atoms with Crippen LogP contribution in [-0.4, -0.2) is 21.6 Å². The first-order valence-electron chi connectivity index (χ1n) is 9.06. The van der Waals surface area contributed by atoms with E-state index >= 15 is 0 Å². The number of fused-ring (bicyclic) bond motifs is 1. The number of benzene rings is 3. The van der Waals surface area contributed by atoms with Gasteiger partial charge >= 0.3 is 0 Å². The molecule has 2 heterocycles. The highest BCUT2D eigenvalue weighted by Gasteiger charge is 2.20. The molecule has 0 unspecified atom stereocenters. The zero-order valence-electron chi connectivity index (χ0n) is 15.3. The summed E-state index contributed by atoms with van der Waals surface area (Å²) in [6.45, 7) is 0.248. The SMILES string of the molecule is Brc1ccc(CSc2nnc(-c3ccc4c(c3)OCO4)n2-c2ccccc2)cc1. The predicted octanol–water partition coefficient (Wildman–Crippen LogP) is 5.72. The van der Waals surface area contributed by atoms with Gasteiger partial charge < -0.3 is 9.47 Å². The third-order valence-electron chi connectivity index (χ3n) is 4.56. The normalized spacial score (nSPS) is 12.3. The Kier molecular flexibility index (Phi) is 4.99. The highest BCUT2D eigenvalue weighted by molar-refractivity contribution is 9.10. The van der Waals surface area contributed by atoms with Crippen molar-refractivity contribution in [3.63, 3.8) is 0 Å². The maximum Gasteiger partial charge on any atom is 0.231 e.